The highest BCUT2D eigenvalue weighted by molar-refractivity contribution is 6.17. The van der Waals surface area contributed by atoms with Crippen LogP contribution >= 0.6 is 0 Å². The van der Waals surface area contributed by atoms with E-state index in [4.69, 9.17) is 9.73 Å². The van der Waals surface area contributed by atoms with E-state index in [2.05, 4.69) is 54.4 Å². The first-order chi connectivity index (χ1) is 13.9. The molecule has 148 valence electrons. The predicted octanol–water partition coefficient (Wildman–Crippen LogP) is 4.06. The molecule has 1 atom stereocenters. The molecule has 0 radical (unpaired) electrons. The number of fused-ring (bicyclic) bond motifs is 3. The molecule has 2 heterocycles. The monoisotopic (exact) mass is 388 g/mol. The van der Waals surface area contributed by atoms with Crippen molar-refractivity contribution in [1.82, 2.24) is 14.8 Å². The van der Waals surface area contributed by atoms with Crippen molar-refractivity contribution in [2.45, 2.75) is 33.2 Å². The predicted molar refractivity (Wildman–Crippen MR) is 112 cm³/mol. The number of allylic oxidation sites excluding steroid dienone is 6. The van der Waals surface area contributed by atoms with Crippen LogP contribution in [0, 0.1) is 12.3 Å². The Kier molecular flexibility index (Phi) is 4.78. The van der Waals surface area contributed by atoms with Gasteiger partial charge in [-0.3, -0.25) is 14.4 Å². The lowest BCUT2D eigenvalue weighted by Crippen LogP contribution is -2.12. The lowest BCUT2D eigenvalue weighted by atomic mass is 9.92. The number of nitrogens with zero attached hydrogens (tertiary/aromatic N) is 4. The molecule has 0 saturated carbocycles. The number of carbonyl (C=O) groups is 1. The van der Waals surface area contributed by atoms with Crippen molar-refractivity contribution in [2.75, 3.05) is 7.11 Å². The van der Waals surface area contributed by atoms with E-state index in [9.17, 15) is 4.79 Å². The lowest BCUT2D eigenvalue weighted by molar-refractivity contribution is -0.141. The Bertz CT molecular complexity index is 1090. The minimum absolute atomic E-state index is 0.0399. The summed E-state index contributed by atoms with van der Waals surface area (Å²) in [6, 6.07) is 7.58. The van der Waals surface area contributed by atoms with E-state index in [0.717, 1.165) is 28.4 Å². The van der Waals surface area contributed by atoms with Crippen molar-refractivity contribution in [3.8, 4) is 5.69 Å². The number of hydrogen-bond acceptors (Lipinski definition) is 5. The van der Waals surface area contributed by atoms with Crippen LogP contribution in [-0.2, 0) is 9.53 Å². The summed E-state index contributed by atoms with van der Waals surface area (Å²) in [7, 11) is 1.39. The first-order valence-corrected chi connectivity index (χ1v) is 9.65. The number of carbonyl (C=O) groups excluding carboxylic acids is 1. The third kappa shape index (κ3) is 3.58. The molecule has 0 fully saturated rings. The van der Waals surface area contributed by atoms with Gasteiger partial charge in [0.05, 0.1) is 24.9 Å². The second kappa shape index (κ2) is 7.28. The number of benzene rings is 1. The Morgan fingerprint density at radius 2 is 2.00 bits per heavy atom. The fraction of sp³-hybridized carbons (Fsp3) is 0.304. The summed E-state index contributed by atoms with van der Waals surface area (Å²) in [4.78, 5) is 17.1. The first-order valence-electron chi connectivity index (χ1n) is 9.65. The quantitative estimate of drug-likeness (QED) is 0.744. The van der Waals surface area contributed by atoms with Crippen LogP contribution in [0.3, 0.4) is 0 Å². The topological polar surface area (TPSA) is 69.4 Å². The first kappa shape index (κ1) is 19.1. The number of aryl methyl sites for hydroxylation is 1. The Hall–Kier alpha value is -3.28. The standard InChI is InChI=1S/C23H24N4O2/c1-15-25-26-22-18(14-20(28)29-4)24-21(16-8-7-12-23(2,3)13-11-16)17-9-5-6-10-19(17)27(15)22/h5-13,18H,14H2,1-4H3. The van der Waals surface area contributed by atoms with Crippen LogP contribution in [0.5, 0.6) is 0 Å². The maximum absolute atomic E-state index is 12.1. The second-order valence-electron chi connectivity index (χ2n) is 7.87. The van der Waals surface area contributed by atoms with Gasteiger partial charge in [-0.05, 0) is 13.0 Å². The van der Waals surface area contributed by atoms with Gasteiger partial charge in [-0.1, -0.05) is 62.4 Å². The molecule has 6 nitrogen and oxygen atoms in total. The number of aromatic nitrogens is 3. The van der Waals surface area contributed by atoms with Crippen LogP contribution in [-0.4, -0.2) is 33.6 Å². The van der Waals surface area contributed by atoms with Gasteiger partial charge in [-0.2, -0.15) is 0 Å². The van der Waals surface area contributed by atoms with Gasteiger partial charge < -0.3 is 4.74 Å². The molecule has 1 aromatic heterocycles. The van der Waals surface area contributed by atoms with Crippen molar-refractivity contribution in [3.05, 3.63) is 77.4 Å². The van der Waals surface area contributed by atoms with Crippen LogP contribution in [0.15, 0.2) is 65.2 Å². The highest BCUT2D eigenvalue weighted by atomic mass is 16.5. The fourth-order valence-electron chi connectivity index (χ4n) is 3.63. The molecular formula is C23H24N4O2. The van der Waals surface area contributed by atoms with E-state index in [1.807, 2.05) is 35.8 Å². The zero-order valence-electron chi connectivity index (χ0n) is 17.1. The van der Waals surface area contributed by atoms with E-state index in [1.165, 1.54) is 7.11 Å². The summed E-state index contributed by atoms with van der Waals surface area (Å²) in [6.07, 6.45) is 10.7. The number of methoxy groups -OCH3 is 1. The van der Waals surface area contributed by atoms with E-state index >= 15 is 0 Å². The summed E-state index contributed by atoms with van der Waals surface area (Å²) in [5.41, 5.74) is 3.72. The van der Waals surface area contributed by atoms with Crippen LogP contribution in [0.4, 0.5) is 0 Å². The van der Waals surface area contributed by atoms with Gasteiger partial charge in [0, 0.05) is 16.6 Å². The molecule has 0 amide bonds. The molecule has 0 N–H and O–H groups in total. The maximum atomic E-state index is 12.1. The molecule has 1 aromatic carbocycles. The van der Waals surface area contributed by atoms with Crippen molar-refractivity contribution < 1.29 is 9.53 Å². The smallest absolute Gasteiger partial charge is 0.308 e. The number of esters is 1. The molecule has 29 heavy (non-hydrogen) atoms. The molecule has 0 saturated heterocycles. The number of hydrogen-bond donors (Lipinski definition) is 0. The highest BCUT2D eigenvalue weighted by Gasteiger charge is 2.30. The molecule has 0 bridgehead atoms. The summed E-state index contributed by atoms with van der Waals surface area (Å²) in [5.74, 6) is 1.07. The second-order valence-corrected chi connectivity index (χ2v) is 7.87. The summed E-state index contributed by atoms with van der Waals surface area (Å²) < 4.78 is 6.90. The van der Waals surface area contributed by atoms with Gasteiger partial charge in [-0.15, -0.1) is 10.2 Å². The molecule has 1 unspecified atom stereocenters. The SMILES string of the molecule is COC(=O)CC1N=C(C2=CC=CC(C)(C)C=C2)c2ccccc2-n2c(C)nnc21. The molecule has 6 heteroatoms. The van der Waals surface area contributed by atoms with Crippen molar-refractivity contribution in [2.24, 2.45) is 10.4 Å². The van der Waals surface area contributed by atoms with Gasteiger partial charge in [0.1, 0.15) is 11.9 Å². The molecule has 0 spiro atoms. The average molecular weight is 388 g/mol. The number of rotatable bonds is 3. The van der Waals surface area contributed by atoms with Crippen LogP contribution < -0.4 is 0 Å². The minimum atomic E-state index is -0.486. The third-order valence-electron chi connectivity index (χ3n) is 5.19. The Labute approximate surface area is 170 Å². The zero-order valence-corrected chi connectivity index (χ0v) is 17.1. The summed E-state index contributed by atoms with van der Waals surface area (Å²) in [6.45, 7) is 6.22. The fourth-order valence-corrected chi connectivity index (χ4v) is 3.63. The Balaban J connectivity index is 1.93. The van der Waals surface area contributed by atoms with Gasteiger partial charge in [0.25, 0.3) is 0 Å². The normalized spacial score (nSPS) is 19.4. The largest absolute Gasteiger partial charge is 0.469 e. The Morgan fingerprint density at radius 1 is 1.21 bits per heavy atom. The van der Waals surface area contributed by atoms with Gasteiger partial charge in [0.15, 0.2) is 5.82 Å². The van der Waals surface area contributed by atoms with E-state index in [-0.39, 0.29) is 17.8 Å². The molecular weight excluding hydrogens is 364 g/mol. The Morgan fingerprint density at radius 3 is 2.79 bits per heavy atom. The third-order valence-corrected chi connectivity index (χ3v) is 5.19. The van der Waals surface area contributed by atoms with Crippen molar-refractivity contribution in [3.63, 3.8) is 0 Å². The van der Waals surface area contributed by atoms with Gasteiger partial charge >= 0.3 is 5.97 Å². The molecule has 2 aliphatic rings. The molecule has 1 aliphatic carbocycles. The zero-order chi connectivity index (χ0) is 20.6. The van der Waals surface area contributed by atoms with E-state index < -0.39 is 6.04 Å². The molecule has 2 aromatic rings. The summed E-state index contributed by atoms with van der Waals surface area (Å²) >= 11 is 0. The van der Waals surface area contributed by atoms with Crippen molar-refractivity contribution in [1.29, 1.82) is 0 Å². The van der Waals surface area contributed by atoms with Gasteiger partial charge in [-0.25, -0.2) is 0 Å². The van der Waals surface area contributed by atoms with Crippen LogP contribution in [0.25, 0.3) is 5.69 Å². The number of aliphatic imine (C=N–C) groups is 1. The number of ether oxygens (including phenoxy) is 1. The van der Waals surface area contributed by atoms with Crippen LogP contribution in [0.1, 0.15) is 43.5 Å². The molecule has 4 rings (SSSR count). The van der Waals surface area contributed by atoms with E-state index in [1.54, 1.807) is 0 Å². The average Bonchev–Trinajstić information content (AvgIpc) is 2.90. The van der Waals surface area contributed by atoms with E-state index in [0.29, 0.717) is 5.82 Å². The minimum Gasteiger partial charge on any atom is -0.469 e. The van der Waals surface area contributed by atoms with Crippen LogP contribution in [0.2, 0.25) is 0 Å². The maximum Gasteiger partial charge on any atom is 0.308 e. The highest BCUT2D eigenvalue weighted by Crippen LogP contribution is 2.33. The summed E-state index contributed by atoms with van der Waals surface area (Å²) in [5, 5.41) is 8.60. The van der Waals surface area contributed by atoms with Gasteiger partial charge in [0.2, 0.25) is 0 Å². The van der Waals surface area contributed by atoms with Crippen molar-refractivity contribution >= 4 is 11.7 Å². The number of para-hydroxylation sites is 1. The molecule has 1 aliphatic heterocycles. The lowest BCUT2D eigenvalue weighted by Gasteiger charge is -2.14.